The van der Waals surface area contributed by atoms with Crippen LogP contribution in [0.1, 0.15) is 57.8 Å². The van der Waals surface area contributed by atoms with E-state index in [1.165, 1.54) is 64.3 Å². The molecule has 0 aromatic heterocycles. The van der Waals surface area contributed by atoms with Crippen molar-refractivity contribution < 1.29 is 0 Å². The second kappa shape index (κ2) is 4.66. The summed E-state index contributed by atoms with van der Waals surface area (Å²) in [7, 11) is 0. The average Bonchev–Trinajstić information content (AvgIpc) is 2.72. The van der Waals surface area contributed by atoms with Crippen molar-refractivity contribution in [3.63, 3.8) is 0 Å². The van der Waals surface area contributed by atoms with Crippen LogP contribution in [0.15, 0.2) is 0 Å². The molecule has 2 nitrogen and oxygen atoms in total. The lowest BCUT2D eigenvalue weighted by atomic mass is 9.83. The molecular formula is C14H26N2. The van der Waals surface area contributed by atoms with E-state index in [9.17, 15) is 0 Å². The third-order valence-electron chi connectivity index (χ3n) is 5.21. The summed E-state index contributed by atoms with van der Waals surface area (Å²) in [4.78, 5) is 2.85. The second-order valence-electron chi connectivity index (χ2n) is 6.22. The Balaban J connectivity index is 1.65. The highest BCUT2D eigenvalue weighted by atomic mass is 15.2. The maximum atomic E-state index is 6.13. The van der Waals surface area contributed by atoms with Crippen LogP contribution in [0, 0.1) is 5.92 Å². The Labute approximate surface area is 99.6 Å². The van der Waals surface area contributed by atoms with Crippen LogP contribution in [0.3, 0.4) is 0 Å². The van der Waals surface area contributed by atoms with Crippen molar-refractivity contribution in [1.29, 1.82) is 0 Å². The molecular weight excluding hydrogens is 196 g/mol. The molecule has 0 spiro atoms. The molecule has 3 aliphatic rings. The average molecular weight is 222 g/mol. The zero-order chi connectivity index (χ0) is 11.0. The molecule has 1 aliphatic heterocycles. The van der Waals surface area contributed by atoms with E-state index in [1.54, 1.807) is 0 Å². The maximum Gasteiger partial charge on any atom is 0.0127 e. The van der Waals surface area contributed by atoms with Crippen molar-refractivity contribution in [1.82, 2.24) is 4.90 Å². The smallest absolute Gasteiger partial charge is 0.0127 e. The lowest BCUT2D eigenvalue weighted by Crippen LogP contribution is -2.46. The molecule has 2 N–H and O–H groups in total. The number of nitrogens with zero attached hydrogens (tertiary/aromatic N) is 1. The summed E-state index contributed by atoms with van der Waals surface area (Å²) in [5.41, 5.74) is 6.13. The summed E-state index contributed by atoms with van der Waals surface area (Å²) in [6, 6.07) is 2.25. The van der Waals surface area contributed by atoms with Crippen LogP contribution < -0.4 is 5.73 Å². The second-order valence-corrected chi connectivity index (χ2v) is 6.22. The first-order chi connectivity index (χ1) is 7.84. The molecule has 1 saturated heterocycles. The minimum absolute atomic E-state index is 0.487. The molecule has 0 bridgehead atoms. The van der Waals surface area contributed by atoms with E-state index < -0.39 is 0 Å². The Morgan fingerprint density at radius 2 is 1.75 bits per heavy atom. The minimum Gasteiger partial charge on any atom is -0.328 e. The topological polar surface area (TPSA) is 29.3 Å². The highest BCUT2D eigenvalue weighted by molar-refractivity contribution is 4.94. The van der Waals surface area contributed by atoms with Gasteiger partial charge in [0.25, 0.3) is 0 Å². The van der Waals surface area contributed by atoms with Crippen LogP contribution in [0.2, 0.25) is 0 Å². The molecule has 4 unspecified atom stereocenters. The number of fused-ring (bicyclic) bond motifs is 1. The zero-order valence-corrected chi connectivity index (χ0v) is 10.4. The van der Waals surface area contributed by atoms with Gasteiger partial charge in [-0.15, -0.1) is 0 Å². The predicted octanol–water partition coefficient (Wildman–Crippen LogP) is 2.52. The standard InChI is InChI=1S/C14H26N2/c15-12-5-3-6-13(10-12)16-9-8-11-4-1-2-7-14(11)16/h11-14H,1-10,15H2. The summed E-state index contributed by atoms with van der Waals surface area (Å²) in [5, 5.41) is 0. The minimum atomic E-state index is 0.487. The maximum absolute atomic E-state index is 6.13. The monoisotopic (exact) mass is 222 g/mol. The van der Waals surface area contributed by atoms with E-state index in [-0.39, 0.29) is 0 Å². The van der Waals surface area contributed by atoms with E-state index in [4.69, 9.17) is 5.73 Å². The fourth-order valence-electron chi connectivity index (χ4n) is 4.40. The van der Waals surface area contributed by atoms with Gasteiger partial charge in [-0.1, -0.05) is 19.3 Å². The quantitative estimate of drug-likeness (QED) is 0.738. The van der Waals surface area contributed by atoms with E-state index in [2.05, 4.69) is 4.90 Å². The summed E-state index contributed by atoms with van der Waals surface area (Å²) in [5.74, 6) is 1.03. The Kier molecular flexibility index (Phi) is 3.21. The summed E-state index contributed by atoms with van der Waals surface area (Å²) in [6.45, 7) is 1.37. The van der Waals surface area contributed by atoms with E-state index in [0.717, 1.165) is 18.0 Å². The van der Waals surface area contributed by atoms with E-state index in [0.29, 0.717) is 6.04 Å². The van der Waals surface area contributed by atoms with Crippen LogP contribution in [0.5, 0.6) is 0 Å². The molecule has 3 rings (SSSR count). The fourth-order valence-corrected chi connectivity index (χ4v) is 4.40. The van der Waals surface area contributed by atoms with Gasteiger partial charge in [0.1, 0.15) is 0 Å². The third kappa shape index (κ3) is 2.02. The first-order valence-electron chi connectivity index (χ1n) is 7.36. The largest absolute Gasteiger partial charge is 0.328 e. The molecule has 3 fully saturated rings. The van der Waals surface area contributed by atoms with Gasteiger partial charge in [-0.05, 0) is 51.0 Å². The van der Waals surface area contributed by atoms with Crippen molar-refractivity contribution in [2.24, 2.45) is 11.7 Å². The summed E-state index contributed by atoms with van der Waals surface area (Å²) >= 11 is 0. The van der Waals surface area contributed by atoms with Crippen molar-refractivity contribution in [3.05, 3.63) is 0 Å². The Morgan fingerprint density at radius 3 is 2.62 bits per heavy atom. The molecule has 0 radical (unpaired) electrons. The summed E-state index contributed by atoms with van der Waals surface area (Å²) in [6.07, 6.45) is 12.7. The van der Waals surface area contributed by atoms with Gasteiger partial charge in [0, 0.05) is 18.1 Å². The molecule has 0 amide bonds. The summed E-state index contributed by atoms with van der Waals surface area (Å²) < 4.78 is 0. The predicted molar refractivity (Wildman–Crippen MR) is 67.3 cm³/mol. The number of likely N-dealkylation sites (tertiary alicyclic amines) is 1. The van der Waals surface area contributed by atoms with Crippen LogP contribution in [-0.2, 0) is 0 Å². The van der Waals surface area contributed by atoms with E-state index >= 15 is 0 Å². The number of hydrogen-bond donors (Lipinski definition) is 1. The van der Waals surface area contributed by atoms with Crippen molar-refractivity contribution >= 4 is 0 Å². The molecule has 4 atom stereocenters. The number of hydrogen-bond acceptors (Lipinski definition) is 2. The molecule has 0 aromatic rings. The zero-order valence-electron chi connectivity index (χ0n) is 10.4. The molecule has 92 valence electrons. The molecule has 1 heterocycles. The SMILES string of the molecule is NC1CCCC(N2CCC3CCCCC32)C1. The highest BCUT2D eigenvalue weighted by Crippen LogP contribution is 2.39. The van der Waals surface area contributed by atoms with E-state index in [1.807, 2.05) is 0 Å². The number of nitrogens with two attached hydrogens (primary N) is 1. The van der Waals surface area contributed by atoms with Crippen LogP contribution >= 0.6 is 0 Å². The van der Waals surface area contributed by atoms with Crippen molar-refractivity contribution in [2.75, 3.05) is 6.54 Å². The Hall–Kier alpha value is -0.0800. The number of rotatable bonds is 1. The van der Waals surface area contributed by atoms with Gasteiger partial charge in [0.05, 0.1) is 0 Å². The third-order valence-corrected chi connectivity index (χ3v) is 5.21. The molecule has 0 aromatic carbocycles. The molecule has 16 heavy (non-hydrogen) atoms. The fraction of sp³-hybridized carbons (Fsp3) is 1.00. The first-order valence-corrected chi connectivity index (χ1v) is 7.36. The van der Waals surface area contributed by atoms with Crippen LogP contribution in [0.4, 0.5) is 0 Å². The Morgan fingerprint density at radius 1 is 0.875 bits per heavy atom. The van der Waals surface area contributed by atoms with Gasteiger partial charge in [0.15, 0.2) is 0 Å². The van der Waals surface area contributed by atoms with Crippen molar-refractivity contribution in [3.8, 4) is 0 Å². The van der Waals surface area contributed by atoms with Gasteiger partial charge in [-0.25, -0.2) is 0 Å². The Bertz CT molecular complexity index is 241. The first kappa shape index (κ1) is 11.0. The molecule has 2 saturated carbocycles. The van der Waals surface area contributed by atoms with Gasteiger partial charge < -0.3 is 5.73 Å². The van der Waals surface area contributed by atoms with Crippen LogP contribution in [0.25, 0.3) is 0 Å². The van der Waals surface area contributed by atoms with Crippen LogP contribution in [-0.4, -0.2) is 29.6 Å². The van der Waals surface area contributed by atoms with Gasteiger partial charge in [0.2, 0.25) is 0 Å². The highest BCUT2D eigenvalue weighted by Gasteiger charge is 2.39. The molecule has 2 aliphatic carbocycles. The van der Waals surface area contributed by atoms with Gasteiger partial charge >= 0.3 is 0 Å². The van der Waals surface area contributed by atoms with Gasteiger partial charge in [-0.3, -0.25) is 4.90 Å². The molecule has 2 heteroatoms. The van der Waals surface area contributed by atoms with Crippen molar-refractivity contribution in [2.45, 2.75) is 75.9 Å². The lowest BCUT2D eigenvalue weighted by Gasteiger charge is -2.40. The normalized spacial score (nSPS) is 45.6. The lowest BCUT2D eigenvalue weighted by molar-refractivity contribution is 0.101. The van der Waals surface area contributed by atoms with Gasteiger partial charge in [-0.2, -0.15) is 0 Å².